The predicted octanol–water partition coefficient (Wildman–Crippen LogP) is 5.37. The highest BCUT2D eigenvalue weighted by Crippen LogP contribution is 2.29. The number of rotatable bonds is 6. The number of nitrogens with zero attached hydrogens (tertiary/aromatic N) is 2. The summed E-state index contributed by atoms with van der Waals surface area (Å²) in [5.74, 6) is 0.302. The number of hydrogen-bond donors (Lipinski definition) is 1. The molecule has 0 radical (unpaired) electrons. The highest BCUT2D eigenvalue weighted by Gasteiger charge is 2.09. The maximum atomic E-state index is 12.1. The normalized spacial score (nSPS) is 10.6. The molecule has 0 bridgehead atoms. The molecule has 0 saturated heterocycles. The van der Waals surface area contributed by atoms with Gasteiger partial charge in [0, 0.05) is 40.9 Å². The highest BCUT2D eigenvalue weighted by atomic mass is 79.9. The van der Waals surface area contributed by atoms with E-state index >= 15 is 0 Å². The Morgan fingerprint density at radius 3 is 2.50 bits per heavy atom. The lowest BCUT2D eigenvalue weighted by Crippen LogP contribution is -2.14. The highest BCUT2D eigenvalue weighted by molar-refractivity contribution is 9.10. The van der Waals surface area contributed by atoms with Crippen molar-refractivity contribution < 1.29 is 4.79 Å². The van der Waals surface area contributed by atoms with Gasteiger partial charge in [0.2, 0.25) is 5.91 Å². The Labute approximate surface area is 169 Å². The maximum absolute atomic E-state index is 12.1. The molecule has 3 aromatic rings. The summed E-state index contributed by atoms with van der Waals surface area (Å²) in [6, 6.07) is 15.8. The van der Waals surface area contributed by atoms with E-state index in [1.807, 2.05) is 72.9 Å². The average Bonchev–Trinajstić information content (AvgIpc) is 3.10. The summed E-state index contributed by atoms with van der Waals surface area (Å²) < 4.78 is 1.93. The van der Waals surface area contributed by atoms with Crippen molar-refractivity contribution >= 4 is 56.3 Å². The van der Waals surface area contributed by atoms with Crippen LogP contribution in [0, 0.1) is 0 Å². The van der Waals surface area contributed by atoms with E-state index in [-0.39, 0.29) is 5.91 Å². The summed E-state index contributed by atoms with van der Waals surface area (Å²) in [6.45, 7) is 0. The number of anilines is 2. The van der Waals surface area contributed by atoms with E-state index in [0.717, 1.165) is 31.4 Å². The maximum Gasteiger partial charge on any atom is 0.234 e. The van der Waals surface area contributed by atoms with Crippen molar-refractivity contribution in [1.29, 1.82) is 0 Å². The van der Waals surface area contributed by atoms with Gasteiger partial charge in [-0.25, -0.2) is 4.98 Å². The van der Waals surface area contributed by atoms with Crippen LogP contribution in [-0.4, -0.2) is 30.7 Å². The SMILES string of the molecule is CN(C)c1ccc(NC(=O)CSc2nc(-c3ccc(Br)cc3)cs2)cc1. The second kappa shape index (κ2) is 8.70. The molecule has 1 aromatic heterocycles. The first-order valence-electron chi connectivity index (χ1n) is 7.93. The Kier molecular flexibility index (Phi) is 6.34. The Balaban J connectivity index is 1.54. The lowest BCUT2D eigenvalue weighted by atomic mass is 10.2. The summed E-state index contributed by atoms with van der Waals surface area (Å²) in [5, 5.41) is 4.93. The molecule has 0 aliphatic rings. The summed E-state index contributed by atoms with van der Waals surface area (Å²) in [5.41, 5.74) is 3.91. The lowest BCUT2D eigenvalue weighted by molar-refractivity contribution is -0.113. The lowest BCUT2D eigenvalue weighted by Gasteiger charge is -2.12. The minimum Gasteiger partial charge on any atom is -0.378 e. The molecule has 0 fully saturated rings. The van der Waals surface area contributed by atoms with Gasteiger partial charge >= 0.3 is 0 Å². The van der Waals surface area contributed by atoms with Gasteiger partial charge in [0.05, 0.1) is 11.4 Å². The van der Waals surface area contributed by atoms with Gasteiger partial charge in [0.1, 0.15) is 0 Å². The van der Waals surface area contributed by atoms with Gasteiger partial charge in [0.25, 0.3) is 0 Å². The Hall–Kier alpha value is -1.83. The second-order valence-corrected chi connectivity index (χ2v) is 8.78. The molecule has 0 atom stereocenters. The Bertz CT molecular complexity index is 877. The van der Waals surface area contributed by atoms with Crippen LogP contribution < -0.4 is 10.2 Å². The number of carbonyl (C=O) groups excluding carboxylic acids is 1. The van der Waals surface area contributed by atoms with E-state index in [9.17, 15) is 4.79 Å². The number of amides is 1. The zero-order valence-electron chi connectivity index (χ0n) is 14.4. The predicted molar refractivity (Wildman–Crippen MR) is 115 cm³/mol. The van der Waals surface area contributed by atoms with Crippen LogP contribution >= 0.6 is 39.0 Å². The van der Waals surface area contributed by atoms with E-state index < -0.39 is 0 Å². The molecule has 1 N–H and O–H groups in total. The Morgan fingerprint density at radius 1 is 1.15 bits per heavy atom. The number of aromatic nitrogens is 1. The van der Waals surface area contributed by atoms with Gasteiger partial charge in [-0.1, -0.05) is 39.8 Å². The topological polar surface area (TPSA) is 45.2 Å². The number of nitrogens with one attached hydrogen (secondary N) is 1. The smallest absolute Gasteiger partial charge is 0.234 e. The molecule has 1 heterocycles. The monoisotopic (exact) mass is 447 g/mol. The minimum atomic E-state index is -0.0343. The third kappa shape index (κ3) is 5.09. The van der Waals surface area contributed by atoms with Gasteiger partial charge in [-0.15, -0.1) is 11.3 Å². The Morgan fingerprint density at radius 2 is 1.85 bits per heavy atom. The van der Waals surface area contributed by atoms with Gasteiger partial charge < -0.3 is 10.2 Å². The van der Waals surface area contributed by atoms with Gasteiger partial charge in [-0.2, -0.15) is 0 Å². The van der Waals surface area contributed by atoms with E-state index in [2.05, 4.69) is 26.2 Å². The fourth-order valence-electron chi connectivity index (χ4n) is 2.24. The van der Waals surface area contributed by atoms with E-state index in [4.69, 9.17) is 0 Å². The third-order valence-corrected chi connectivity index (χ3v) is 6.17. The summed E-state index contributed by atoms with van der Waals surface area (Å²) in [6.07, 6.45) is 0. The number of halogens is 1. The average molecular weight is 448 g/mol. The van der Waals surface area contributed by atoms with Crippen LogP contribution in [0.2, 0.25) is 0 Å². The van der Waals surface area contributed by atoms with Crippen LogP contribution in [0.15, 0.2) is 62.7 Å². The van der Waals surface area contributed by atoms with Gasteiger partial charge in [-0.05, 0) is 36.4 Å². The number of benzene rings is 2. The molecule has 26 heavy (non-hydrogen) atoms. The molecule has 2 aromatic carbocycles. The summed E-state index contributed by atoms with van der Waals surface area (Å²) >= 11 is 6.44. The van der Waals surface area contributed by atoms with Crippen LogP contribution in [0.1, 0.15) is 0 Å². The minimum absolute atomic E-state index is 0.0343. The first-order chi connectivity index (χ1) is 12.5. The fraction of sp³-hybridized carbons (Fsp3) is 0.158. The van der Waals surface area contributed by atoms with Crippen molar-refractivity contribution in [2.24, 2.45) is 0 Å². The van der Waals surface area contributed by atoms with Crippen molar-refractivity contribution in [3.8, 4) is 11.3 Å². The zero-order valence-corrected chi connectivity index (χ0v) is 17.6. The first kappa shape index (κ1) is 18.9. The van der Waals surface area contributed by atoms with Crippen molar-refractivity contribution in [3.63, 3.8) is 0 Å². The molecule has 134 valence electrons. The standard InChI is InChI=1S/C19H18BrN3OS2/c1-23(2)16-9-7-15(8-10-16)21-18(24)12-26-19-22-17(11-25-19)13-3-5-14(20)6-4-13/h3-11H,12H2,1-2H3,(H,21,24). The van der Waals surface area contributed by atoms with Crippen molar-refractivity contribution in [1.82, 2.24) is 4.98 Å². The second-order valence-electron chi connectivity index (χ2n) is 5.78. The van der Waals surface area contributed by atoms with Crippen LogP contribution in [-0.2, 0) is 4.79 Å². The van der Waals surface area contributed by atoms with E-state index in [1.165, 1.54) is 11.8 Å². The van der Waals surface area contributed by atoms with Crippen LogP contribution in [0.5, 0.6) is 0 Å². The number of thiazole rings is 1. The zero-order chi connectivity index (χ0) is 18.5. The summed E-state index contributed by atoms with van der Waals surface area (Å²) in [4.78, 5) is 18.8. The molecule has 0 saturated carbocycles. The quantitative estimate of drug-likeness (QED) is 0.515. The third-order valence-electron chi connectivity index (χ3n) is 3.62. The van der Waals surface area contributed by atoms with E-state index in [1.54, 1.807) is 11.3 Å². The molecule has 3 rings (SSSR count). The van der Waals surface area contributed by atoms with Crippen LogP contribution in [0.4, 0.5) is 11.4 Å². The fourth-order valence-corrected chi connectivity index (χ4v) is 4.14. The first-order valence-corrected chi connectivity index (χ1v) is 10.6. The molecular formula is C19H18BrN3OS2. The van der Waals surface area contributed by atoms with Crippen LogP contribution in [0.3, 0.4) is 0 Å². The van der Waals surface area contributed by atoms with Crippen molar-refractivity contribution in [2.75, 3.05) is 30.1 Å². The molecule has 0 aliphatic heterocycles. The van der Waals surface area contributed by atoms with E-state index in [0.29, 0.717) is 5.75 Å². The number of thioether (sulfide) groups is 1. The van der Waals surface area contributed by atoms with Crippen LogP contribution in [0.25, 0.3) is 11.3 Å². The molecule has 0 aliphatic carbocycles. The van der Waals surface area contributed by atoms with Gasteiger partial charge in [-0.3, -0.25) is 4.79 Å². The van der Waals surface area contributed by atoms with Gasteiger partial charge in [0.15, 0.2) is 4.34 Å². The number of hydrogen-bond acceptors (Lipinski definition) is 5. The van der Waals surface area contributed by atoms with Crippen molar-refractivity contribution in [2.45, 2.75) is 4.34 Å². The summed E-state index contributed by atoms with van der Waals surface area (Å²) in [7, 11) is 3.97. The number of carbonyl (C=O) groups is 1. The largest absolute Gasteiger partial charge is 0.378 e. The molecular weight excluding hydrogens is 430 g/mol. The molecule has 7 heteroatoms. The van der Waals surface area contributed by atoms with Crippen molar-refractivity contribution in [3.05, 3.63) is 58.4 Å². The molecule has 4 nitrogen and oxygen atoms in total. The molecule has 1 amide bonds. The molecule has 0 unspecified atom stereocenters. The molecule has 0 spiro atoms.